The van der Waals surface area contributed by atoms with Crippen molar-refractivity contribution in [1.29, 1.82) is 0 Å². The van der Waals surface area contributed by atoms with Gasteiger partial charge in [0, 0.05) is 12.5 Å². The van der Waals surface area contributed by atoms with Gasteiger partial charge in [0.25, 0.3) is 0 Å². The van der Waals surface area contributed by atoms with E-state index in [1.165, 1.54) is 11.8 Å². The zero-order chi connectivity index (χ0) is 23.2. The Morgan fingerprint density at radius 1 is 1.18 bits per heavy atom. The number of amides is 1. The van der Waals surface area contributed by atoms with Gasteiger partial charge in [-0.2, -0.15) is 0 Å². The Labute approximate surface area is 191 Å². The van der Waals surface area contributed by atoms with Crippen molar-refractivity contribution in [1.82, 2.24) is 4.98 Å². The average Bonchev–Trinajstić information content (AvgIpc) is 2.84. The molecule has 3 aromatic rings. The largest absolute Gasteiger partial charge is 0.485 e. The summed E-state index contributed by atoms with van der Waals surface area (Å²) in [4.78, 5) is 26.9. The molecule has 0 aliphatic carbocycles. The number of hydrogen-bond acceptors (Lipinski definition) is 6. The van der Waals surface area contributed by atoms with Crippen LogP contribution in [0.4, 0.5) is 5.69 Å². The number of aromatic nitrogens is 1. The molecule has 4 rings (SSSR count). The van der Waals surface area contributed by atoms with Gasteiger partial charge < -0.3 is 25.6 Å². The van der Waals surface area contributed by atoms with Gasteiger partial charge in [0.2, 0.25) is 11.8 Å². The van der Waals surface area contributed by atoms with Crippen LogP contribution < -0.4 is 20.5 Å². The van der Waals surface area contributed by atoms with Crippen molar-refractivity contribution in [2.75, 3.05) is 5.32 Å². The van der Waals surface area contributed by atoms with Gasteiger partial charge in [-0.25, -0.2) is 4.98 Å². The molecule has 2 atom stereocenters. The fraction of sp³-hybridized carbons (Fsp3) is 0.240. The van der Waals surface area contributed by atoms with E-state index in [4.69, 9.17) is 20.3 Å². The highest BCUT2D eigenvalue weighted by atomic mass is 16.5. The molecular weight excluding hydrogens is 422 g/mol. The monoisotopic (exact) mass is 447 g/mol. The number of nitrogens with one attached hydrogen (secondary N) is 1. The van der Waals surface area contributed by atoms with Crippen LogP contribution in [0, 0.1) is 0 Å². The number of nitrogens with zero attached hydrogens (tertiary/aromatic N) is 1. The molecule has 0 spiro atoms. The molecule has 0 saturated carbocycles. The summed E-state index contributed by atoms with van der Waals surface area (Å²) in [6.45, 7) is 0. The Kier molecular flexibility index (Phi) is 6.85. The Bertz CT molecular complexity index is 1120. The predicted molar refractivity (Wildman–Crippen MR) is 122 cm³/mol. The molecule has 1 unspecified atom stereocenters. The smallest absolute Gasteiger partial charge is 0.303 e. The molecule has 1 aliphatic rings. The Morgan fingerprint density at radius 2 is 2.00 bits per heavy atom. The van der Waals surface area contributed by atoms with Gasteiger partial charge in [0.05, 0.1) is 17.9 Å². The van der Waals surface area contributed by atoms with Crippen LogP contribution in [0.25, 0.3) is 0 Å². The predicted octanol–water partition coefficient (Wildman–Crippen LogP) is 4.07. The number of carbonyl (C=O) groups is 2. The van der Waals surface area contributed by atoms with Crippen LogP contribution in [0.2, 0.25) is 0 Å². The molecule has 4 N–H and O–H groups in total. The number of pyridine rings is 1. The third-order valence-electron chi connectivity index (χ3n) is 5.38. The Balaban J connectivity index is 1.34. The number of carbonyl (C=O) groups excluding carboxylic acids is 1. The molecule has 0 bridgehead atoms. The van der Waals surface area contributed by atoms with Crippen molar-refractivity contribution in [3.8, 4) is 17.4 Å². The summed E-state index contributed by atoms with van der Waals surface area (Å²) in [7, 11) is 0. The van der Waals surface area contributed by atoms with E-state index in [0.29, 0.717) is 17.3 Å². The van der Waals surface area contributed by atoms with Gasteiger partial charge in [-0.15, -0.1) is 0 Å². The summed E-state index contributed by atoms with van der Waals surface area (Å²) < 4.78 is 12.0. The first-order valence-corrected chi connectivity index (χ1v) is 10.7. The van der Waals surface area contributed by atoms with E-state index < -0.39 is 17.9 Å². The minimum absolute atomic E-state index is 0.0483. The van der Waals surface area contributed by atoms with Crippen LogP contribution in [-0.4, -0.2) is 28.0 Å². The number of rotatable bonds is 8. The van der Waals surface area contributed by atoms with E-state index in [1.807, 2.05) is 36.4 Å². The molecule has 2 heterocycles. The fourth-order valence-electron chi connectivity index (χ4n) is 3.61. The number of aryl methyl sites for hydroxylation is 1. The first kappa shape index (κ1) is 22.3. The van der Waals surface area contributed by atoms with Gasteiger partial charge >= 0.3 is 5.97 Å². The minimum Gasteiger partial charge on any atom is -0.485 e. The van der Waals surface area contributed by atoms with Gasteiger partial charge in [-0.3, -0.25) is 9.59 Å². The van der Waals surface area contributed by atoms with Crippen molar-refractivity contribution in [2.45, 2.75) is 37.8 Å². The Morgan fingerprint density at radius 3 is 2.73 bits per heavy atom. The molecular formula is C25H25N3O5. The quantitative estimate of drug-likeness (QED) is 0.475. The lowest BCUT2D eigenvalue weighted by molar-refractivity contribution is -0.137. The van der Waals surface area contributed by atoms with Crippen LogP contribution >= 0.6 is 0 Å². The second-order valence-corrected chi connectivity index (χ2v) is 7.84. The normalized spacial score (nSPS) is 15.6. The molecule has 0 fully saturated rings. The van der Waals surface area contributed by atoms with Gasteiger partial charge in [-0.1, -0.05) is 30.3 Å². The van der Waals surface area contributed by atoms with Gasteiger partial charge in [0.15, 0.2) is 0 Å². The summed E-state index contributed by atoms with van der Waals surface area (Å²) in [6, 6.07) is 18.3. The first-order valence-electron chi connectivity index (χ1n) is 10.7. The number of carboxylic acid groups (broad SMARTS) is 1. The Hall–Kier alpha value is -3.91. The van der Waals surface area contributed by atoms with Crippen LogP contribution in [0.15, 0.2) is 66.9 Å². The second-order valence-electron chi connectivity index (χ2n) is 7.84. The zero-order valence-corrected chi connectivity index (χ0v) is 17.9. The number of benzene rings is 2. The summed E-state index contributed by atoms with van der Waals surface area (Å²) in [5.74, 6) is 0.423. The molecule has 0 saturated heterocycles. The molecule has 8 nitrogen and oxygen atoms in total. The third kappa shape index (κ3) is 5.87. The lowest BCUT2D eigenvalue weighted by Gasteiger charge is -2.26. The van der Waals surface area contributed by atoms with Crippen LogP contribution in [0.3, 0.4) is 0 Å². The van der Waals surface area contributed by atoms with Crippen molar-refractivity contribution >= 4 is 17.6 Å². The maximum Gasteiger partial charge on any atom is 0.303 e. The molecule has 1 aromatic heterocycles. The van der Waals surface area contributed by atoms with E-state index in [0.717, 1.165) is 24.2 Å². The number of carboxylic acids is 1. The highest BCUT2D eigenvalue weighted by Crippen LogP contribution is 2.37. The van der Waals surface area contributed by atoms with E-state index in [2.05, 4.69) is 22.4 Å². The molecule has 1 amide bonds. The first-order chi connectivity index (χ1) is 16.0. The van der Waals surface area contributed by atoms with E-state index in [9.17, 15) is 9.59 Å². The number of anilines is 1. The average molecular weight is 447 g/mol. The molecule has 2 aromatic carbocycles. The van der Waals surface area contributed by atoms with Crippen molar-refractivity contribution < 1.29 is 24.2 Å². The maximum atomic E-state index is 12.1. The topological polar surface area (TPSA) is 124 Å². The van der Waals surface area contributed by atoms with E-state index >= 15 is 0 Å². The van der Waals surface area contributed by atoms with Gasteiger partial charge in [0.1, 0.15) is 17.6 Å². The second kappa shape index (κ2) is 10.1. The maximum absolute atomic E-state index is 12.1. The van der Waals surface area contributed by atoms with Crippen molar-refractivity contribution in [2.24, 2.45) is 5.73 Å². The lowest BCUT2D eigenvalue weighted by Crippen LogP contribution is -2.36. The highest BCUT2D eigenvalue weighted by Gasteiger charge is 2.22. The number of aliphatic carboxylic acids is 1. The number of ether oxygens (including phenoxy) is 2. The summed E-state index contributed by atoms with van der Waals surface area (Å²) in [5, 5.41) is 11.3. The van der Waals surface area contributed by atoms with Crippen molar-refractivity contribution in [3.63, 3.8) is 0 Å². The molecule has 8 heteroatoms. The highest BCUT2D eigenvalue weighted by molar-refractivity contribution is 5.94. The number of nitrogens with two attached hydrogens (primary N) is 1. The molecule has 170 valence electrons. The zero-order valence-electron chi connectivity index (χ0n) is 17.9. The molecule has 1 aliphatic heterocycles. The summed E-state index contributed by atoms with van der Waals surface area (Å²) in [5.41, 5.74) is 8.41. The molecule has 0 radical (unpaired) electrons. The van der Waals surface area contributed by atoms with Crippen LogP contribution in [-0.2, 0) is 16.0 Å². The van der Waals surface area contributed by atoms with E-state index in [-0.39, 0.29) is 18.9 Å². The third-order valence-corrected chi connectivity index (χ3v) is 5.38. The summed E-state index contributed by atoms with van der Waals surface area (Å²) in [6.07, 6.45) is 3.17. The van der Waals surface area contributed by atoms with Gasteiger partial charge in [-0.05, 0) is 54.7 Å². The number of hydrogen-bond donors (Lipinski definition) is 3. The van der Waals surface area contributed by atoms with E-state index in [1.54, 1.807) is 12.1 Å². The van der Waals surface area contributed by atoms with Crippen molar-refractivity contribution in [3.05, 3.63) is 78.0 Å². The fourth-order valence-corrected chi connectivity index (χ4v) is 3.61. The SMILES string of the molecule is N[C@@H](CCC(=O)O)C(=O)Nc1ccc(Oc2ccc3c(c2)CCC(c2ccccc2)O3)nc1. The minimum atomic E-state index is -0.994. The molecule has 33 heavy (non-hydrogen) atoms. The standard InChI is InChI=1S/C25H25N3O5/c26-20(9-13-24(29)30)25(31)28-18-7-12-23(27-15-18)32-19-8-11-22-17(14-19)6-10-21(33-22)16-4-2-1-3-5-16/h1-5,7-8,11-12,14-15,20-21H,6,9-10,13,26H2,(H,28,31)(H,29,30)/t20-,21?/m0/s1. The summed E-state index contributed by atoms with van der Waals surface area (Å²) >= 11 is 0. The van der Waals surface area contributed by atoms with Crippen LogP contribution in [0.1, 0.15) is 36.5 Å². The number of fused-ring (bicyclic) bond motifs is 1. The lowest BCUT2D eigenvalue weighted by atomic mass is 9.97. The van der Waals surface area contributed by atoms with Crippen LogP contribution in [0.5, 0.6) is 17.4 Å².